The van der Waals surface area contributed by atoms with Crippen molar-refractivity contribution in [3.05, 3.63) is 0 Å². The van der Waals surface area contributed by atoms with E-state index in [4.69, 9.17) is 0 Å². The molecular formula is C12H24N2O. The molecule has 0 spiro atoms. The number of aliphatic hydroxyl groups is 1. The minimum atomic E-state index is -0.183. The molecule has 3 nitrogen and oxygen atoms in total. The molecule has 0 bridgehead atoms. The smallest absolute Gasteiger partial charge is 0.0791 e. The summed E-state index contributed by atoms with van der Waals surface area (Å²) in [6.07, 6.45) is 6.27. The second kappa shape index (κ2) is 5.28. The molecule has 1 heterocycles. The van der Waals surface area contributed by atoms with Crippen molar-refractivity contribution < 1.29 is 5.11 Å². The Hall–Kier alpha value is -0.120. The molecule has 2 N–H and O–H groups in total. The molecule has 0 radical (unpaired) electrons. The third kappa shape index (κ3) is 3.44. The van der Waals surface area contributed by atoms with Crippen LogP contribution in [-0.4, -0.2) is 47.8 Å². The highest BCUT2D eigenvalue weighted by Crippen LogP contribution is 2.20. The molecule has 2 aliphatic rings. The highest BCUT2D eigenvalue weighted by molar-refractivity contribution is 4.84. The molecule has 0 aromatic carbocycles. The van der Waals surface area contributed by atoms with E-state index in [-0.39, 0.29) is 6.10 Å². The summed E-state index contributed by atoms with van der Waals surface area (Å²) < 4.78 is 0. The lowest BCUT2D eigenvalue weighted by molar-refractivity contribution is 0.103. The van der Waals surface area contributed by atoms with Crippen LogP contribution in [0.2, 0.25) is 0 Å². The van der Waals surface area contributed by atoms with Crippen molar-refractivity contribution in [3.8, 4) is 0 Å². The quantitative estimate of drug-likeness (QED) is 0.689. The van der Waals surface area contributed by atoms with Crippen LogP contribution in [0.15, 0.2) is 0 Å². The summed E-state index contributed by atoms with van der Waals surface area (Å²) in [5.74, 6) is 0. The molecule has 1 saturated heterocycles. The van der Waals surface area contributed by atoms with Gasteiger partial charge in [-0.3, -0.25) is 4.90 Å². The van der Waals surface area contributed by atoms with Gasteiger partial charge in [0, 0.05) is 25.2 Å². The monoisotopic (exact) mass is 212 g/mol. The normalized spacial score (nSPS) is 29.6. The Morgan fingerprint density at radius 2 is 2.20 bits per heavy atom. The SMILES string of the molecule is CCC1CCCN1CC(O)CNC1CC1. The largest absolute Gasteiger partial charge is 0.390 e. The van der Waals surface area contributed by atoms with Gasteiger partial charge in [-0.15, -0.1) is 0 Å². The average Bonchev–Trinajstić information content (AvgIpc) is 2.96. The van der Waals surface area contributed by atoms with Crippen LogP contribution in [0.1, 0.15) is 39.0 Å². The van der Waals surface area contributed by atoms with Gasteiger partial charge in [-0.05, 0) is 38.6 Å². The molecule has 1 saturated carbocycles. The van der Waals surface area contributed by atoms with Gasteiger partial charge < -0.3 is 10.4 Å². The van der Waals surface area contributed by atoms with Crippen molar-refractivity contribution >= 4 is 0 Å². The number of hydrogen-bond acceptors (Lipinski definition) is 3. The predicted molar refractivity (Wildman–Crippen MR) is 61.9 cm³/mol. The van der Waals surface area contributed by atoms with Gasteiger partial charge in [0.1, 0.15) is 0 Å². The maximum atomic E-state index is 9.90. The molecule has 3 heteroatoms. The van der Waals surface area contributed by atoms with Crippen molar-refractivity contribution in [2.45, 2.75) is 57.2 Å². The van der Waals surface area contributed by atoms with E-state index in [2.05, 4.69) is 17.1 Å². The summed E-state index contributed by atoms with van der Waals surface area (Å²) in [4.78, 5) is 2.46. The van der Waals surface area contributed by atoms with E-state index in [9.17, 15) is 5.11 Å². The van der Waals surface area contributed by atoms with Gasteiger partial charge in [0.25, 0.3) is 0 Å². The first-order valence-corrected chi connectivity index (χ1v) is 6.45. The molecule has 2 unspecified atom stereocenters. The van der Waals surface area contributed by atoms with Crippen LogP contribution in [-0.2, 0) is 0 Å². The topological polar surface area (TPSA) is 35.5 Å². The van der Waals surface area contributed by atoms with Crippen LogP contribution in [0.4, 0.5) is 0 Å². The molecule has 2 fully saturated rings. The fraction of sp³-hybridized carbons (Fsp3) is 1.00. The lowest BCUT2D eigenvalue weighted by atomic mass is 10.1. The Kier molecular flexibility index (Phi) is 4.00. The van der Waals surface area contributed by atoms with Crippen LogP contribution in [0.3, 0.4) is 0 Å². The zero-order chi connectivity index (χ0) is 10.7. The van der Waals surface area contributed by atoms with E-state index in [1.807, 2.05) is 0 Å². The molecule has 0 aromatic rings. The van der Waals surface area contributed by atoms with Crippen LogP contribution in [0.25, 0.3) is 0 Å². The van der Waals surface area contributed by atoms with E-state index >= 15 is 0 Å². The van der Waals surface area contributed by atoms with E-state index in [0.717, 1.165) is 19.1 Å². The van der Waals surface area contributed by atoms with Crippen LogP contribution < -0.4 is 5.32 Å². The predicted octanol–water partition coefficient (Wildman–Crippen LogP) is 0.974. The number of rotatable bonds is 6. The molecule has 2 atom stereocenters. The summed E-state index contributed by atoms with van der Waals surface area (Å²) in [6.45, 7) is 5.06. The summed E-state index contributed by atoms with van der Waals surface area (Å²) in [7, 11) is 0. The third-order valence-corrected chi connectivity index (χ3v) is 3.64. The Morgan fingerprint density at radius 1 is 1.40 bits per heavy atom. The van der Waals surface area contributed by atoms with Gasteiger partial charge in [0.15, 0.2) is 0 Å². The molecule has 2 rings (SSSR count). The third-order valence-electron chi connectivity index (χ3n) is 3.64. The second-order valence-corrected chi connectivity index (χ2v) is 5.04. The molecule has 1 aliphatic heterocycles. The first kappa shape index (κ1) is 11.4. The molecule has 1 aliphatic carbocycles. The highest BCUT2D eigenvalue weighted by Gasteiger charge is 2.26. The first-order valence-electron chi connectivity index (χ1n) is 6.45. The van der Waals surface area contributed by atoms with Gasteiger partial charge in [-0.2, -0.15) is 0 Å². The number of hydrogen-bond donors (Lipinski definition) is 2. The number of nitrogens with zero attached hydrogens (tertiary/aromatic N) is 1. The second-order valence-electron chi connectivity index (χ2n) is 5.04. The Balaban J connectivity index is 1.65. The first-order chi connectivity index (χ1) is 7.29. The summed E-state index contributed by atoms with van der Waals surface area (Å²) in [6, 6.07) is 1.43. The Morgan fingerprint density at radius 3 is 2.87 bits per heavy atom. The van der Waals surface area contributed by atoms with Crippen molar-refractivity contribution in [2.75, 3.05) is 19.6 Å². The van der Waals surface area contributed by atoms with Crippen molar-refractivity contribution in [1.29, 1.82) is 0 Å². The lowest BCUT2D eigenvalue weighted by Crippen LogP contribution is -2.40. The molecule has 0 aromatic heterocycles. The minimum absolute atomic E-state index is 0.183. The Labute approximate surface area is 92.8 Å². The maximum absolute atomic E-state index is 9.90. The van der Waals surface area contributed by atoms with Gasteiger partial charge >= 0.3 is 0 Å². The standard InChI is InChI=1S/C12H24N2O/c1-2-11-4-3-7-14(11)9-12(15)8-13-10-5-6-10/h10-13,15H,2-9H2,1H3. The van der Waals surface area contributed by atoms with Crippen molar-refractivity contribution in [1.82, 2.24) is 10.2 Å². The zero-order valence-electron chi connectivity index (χ0n) is 9.78. The van der Waals surface area contributed by atoms with E-state index in [0.29, 0.717) is 6.04 Å². The van der Waals surface area contributed by atoms with Crippen LogP contribution >= 0.6 is 0 Å². The Bertz CT molecular complexity index is 194. The van der Waals surface area contributed by atoms with Crippen molar-refractivity contribution in [3.63, 3.8) is 0 Å². The molecular weight excluding hydrogens is 188 g/mol. The fourth-order valence-corrected chi connectivity index (χ4v) is 2.52. The molecule has 88 valence electrons. The summed E-state index contributed by atoms with van der Waals surface area (Å²) in [5, 5.41) is 13.3. The number of β-amino-alcohol motifs (C(OH)–C–C–N with tert-alkyl or cyclic N) is 1. The van der Waals surface area contributed by atoms with Crippen LogP contribution in [0, 0.1) is 0 Å². The van der Waals surface area contributed by atoms with Gasteiger partial charge in [0.05, 0.1) is 6.10 Å². The summed E-state index contributed by atoms with van der Waals surface area (Å²) in [5.41, 5.74) is 0. The fourth-order valence-electron chi connectivity index (χ4n) is 2.52. The summed E-state index contributed by atoms with van der Waals surface area (Å²) >= 11 is 0. The van der Waals surface area contributed by atoms with Gasteiger partial charge in [-0.1, -0.05) is 6.92 Å². The van der Waals surface area contributed by atoms with E-state index in [1.54, 1.807) is 0 Å². The van der Waals surface area contributed by atoms with Gasteiger partial charge in [-0.25, -0.2) is 0 Å². The van der Waals surface area contributed by atoms with E-state index in [1.165, 1.54) is 38.6 Å². The maximum Gasteiger partial charge on any atom is 0.0791 e. The minimum Gasteiger partial charge on any atom is -0.390 e. The van der Waals surface area contributed by atoms with Gasteiger partial charge in [0.2, 0.25) is 0 Å². The average molecular weight is 212 g/mol. The number of likely N-dealkylation sites (tertiary alicyclic amines) is 1. The van der Waals surface area contributed by atoms with Crippen molar-refractivity contribution in [2.24, 2.45) is 0 Å². The lowest BCUT2D eigenvalue weighted by Gasteiger charge is -2.26. The molecule has 0 amide bonds. The highest BCUT2D eigenvalue weighted by atomic mass is 16.3. The molecule has 15 heavy (non-hydrogen) atoms. The number of aliphatic hydroxyl groups excluding tert-OH is 1. The van der Waals surface area contributed by atoms with Crippen LogP contribution in [0.5, 0.6) is 0 Å². The van der Waals surface area contributed by atoms with E-state index < -0.39 is 0 Å². The number of nitrogens with one attached hydrogen (secondary N) is 1. The zero-order valence-corrected chi connectivity index (χ0v) is 9.78.